The normalized spacial score (nSPS) is 14.5. The van der Waals surface area contributed by atoms with E-state index in [2.05, 4.69) is 0 Å². The number of methoxy groups -OCH3 is 1. The second kappa shape index (κ2) is 5.46. The van der Waals surface area contributed by atoms with E-state index in [4.69, 9.17) is 10.5 Å². The number of benzene rings is 1. The quantitative estimate of drug-likeness (QED) is 0.854. The standard InChI is InChI=1S/C13H17F4NO/c1-12(2,19-3)7-11(18)8-4-5-10(14)9(6-8)13(15,16)17/h4-6,11H,7,18H2,1-3H3. The summed E-state index contributed by atoms with van der Waals surface area (Å²) in [6.07, 6.45) is -4.40. The van der Waals surface area contributed by atoms with Crippen LogP contribution in [0.25, 0.3) is 0 Å². The minimum atomic E-state index is -4.73. The van der Waals surface area contributed by atoms with Gasteiger partial charge in [0.2, 0.25) is 0 Å². The lowest BCUT2D eigenvalue weighted by atomic mass is 9.93. The molecule has 1 aromatic rings. The average Bonchev–Trinajstić information content (AvgIpc) is 2.27. The van der Waals surface area contributed by atoms with Gasteiger partial charge < -0.3 is 10.5 Å². The molecule has 0 bridgehead atoms. The minimum Gasteiger partial charge on any atom is -0.379 e. The number of rotatable bonds is 4. The van der Waals surface area contributed by atoms with Gasteiger partial charge in [0.1, 0.15) is 5.82 Å². The Morgan fingerprint density at radius 2 is 1.84 bits per heavy atom. The Morgan fingerprint density at radius 1 is 1.26 bits per heavy atom. The van der Waals surface area contributed by atoms with Crippen LogP contribution >= 0.6 is 0 Å². The maximum absolute atomic E-state index is 13.1. The zero-order chi connectivity index (χ0) is 14.8. The Labute approximate surface area is 109 Å². The molecule has 0 spiro atoms. The van der Waals surface area contributed by atoms with E-state index in [1.54, 1.807) is 13.8 Å². The van der Waals surface area contributed by atoms with E-state index in [1.165, 1.54) is 13.2 Å². The van der Waals surface area contributed by atoms with Crippen LogP contribution in [0.2, 0.25) is 0 Å². The maximum Gasteiger partial charge on any atom is 0.419 e. The Balaban J connectivity index is 3.03. The third-order valence-corrected chi connectivity index (χ3v) is 2.99. The lowest BCUT2D eigenvalue weighted by Crippen LogP contribution is -2.29. The van der Waals surface area contributed by atoms with Crippen molar-refractivity contribution in [3.05, 3.63) is 35.1 Å². The summed E-state index contributed by atoms with van der Waals surface area (Å²) < 4.78 is 56.1. The molecule has 0 heterocycles. The first-order chi connectivity index (χ1) is 8.57. The molecule has 0 aliphatic rings. The van der Waals surface area contributed by atoms with Crippen LogP contribution in [-0.2, 0) is 10.9 Å². The van der Waals surface area contributed by atoms with Crippen molar-refractivity contribution in [2.24, 2.45) is 5.73 Å². The van der Waals surface area contributed by atoms with Crippen LogP contribution in [0.5, 0.6) is 0 Å². The van der Waals surface area contributed by atoms with Gasteiger partial charge in [-0.3, -0.25) is 0 Å². The van der Waals surface area contributed by atoms with Crippen LogP contribution in [-0.4, -0.2) is 12.7 Å². The van der Waals surface area contributed by atoms with Gasteiger partial charge in [-0.05, 0) is 38.0 Å². The number of alkyl halides is 3. The van der Waals surface area contributed by atoms with Gasteiger partial charge in [-0.1, -0.05) is 6.07 Å². The zero-order valence-electron chi connectivity index (χ0n) is 11.0. The summed E-state index contributed by atoms with van der Waals surface area (Å²) in [5.41, 5.74) is 4.23. The van der Waals surface area contributed by atoms with Crippen molar-refractivity contribution in [3.8, 4) is 0 Å². The number of halogens is 4. The molecule has 6 heteroatoms. The number of nitrogens with two attached hydrogens (primary N) is 1. The molecule has 2 nitrogen and oxygen atoms in total. The first kappa shape index (κ1) is 15.9. The number of hydrogen-bond donors (Lipinski definition) is 1. The fraction of sp³-hybridized carbons (Fsp3) is 0.538. The van der Waals surface area contributed by atoms with Gasteiger partial charge >= 0.3 is 6.18 Å². The molecule has 0 aromatic heterocycles. The van der Waals surface area contributed by atoms with Gasteiger partial charge in [-0.2, -0.15) is 13.2 Å². The zero-order valence-corrected chi connectivity index (χ0v) is 11.0. The highest BCUT2D eigenvalue weighted by Gasteiger charge is 2.34. The van der Waals surface area contributed by atoms with Crippen molar-refractivity contribution >= 4 is 0 Å². The molecule has 0 aliphatic heterocycles. The van der Waals surface area contributed by atoms with E-state index in [0.717, 1.165) is 12.1 Å². The minimum absolute atomic E-state index is 0.235. The highest BCUT2D eigenvalue weighted by Crippen LogP contribution is 2.34. The second-order valence-electron chi connectivity index (χ2n) is 5.01. The van der Waals surface area contributed by atoms with E-state index in [9.17, 15) is 17.6 Å². The summed E-state index contributed by atoms with van der Waals surface area (Å²) >= 11 is 0. The molecule has 19 heavy (non-hydrogen) atoms. The predicted octanol–water partition coefficient (Wildman–Crippen LogP) is 3.66. The Morgan fingerprint density at radius 3 is 2.32 bits per heavy atom. The first-order valence-electron chi connectivity index (χ1n) is 5.74. The van der Waals surface area contributed by atoms with Gasteiger partial charge in [0, 0.05) is 13.2 Å². The van der Waals surface area contributed by atoms with E-state index in [-0.39, 0.29) is 5.56 Å². The van der Waals surface area contributed by atoms with Gasteiger partial charge in [0.25, 0.3) is 0 Å². The Kier molecular flexibility index (Phi) is 4.58. The van der Waals surface area contributed by atoms with E-state index in [0.29, 0.717) is 6.42 Å². The summed E-state index contributed by atoms with van der Waals surface area (Å²) in [6.45, 7) is 3.56. The molecule has 0 saturated heterocycles. The first-order valence-corrected chi connectivity index (χ1v) is 5.74. The van der Waals surface area contributed by atoms with Crippen LogP contribution in [0.3, 0.4) is 0 Å². The second-order valence-corrected chi connectivity index (χ2v) is 5.01. The molecule has 2 N–H and O–H groups in total. The van der Waals surface area contributed by atoms with Crippen LogP contribution in [0, 0.1) is 5.82 Å². The van der Waals surface area contributed by atoms with Gasteiger partial charge in [0.05, 0.1) is 11.2 Å². The molecule has 1 rings (SSSR count). The smallest absolute Gasteiger partial charge is 0.379 e. The van der Waals surface area contributed by atoms with Crippen molar-refractivity contribution in [2.75, 3.05) is 7.11 Å². The number of hydrogen-bond acceptors (Lipinski definition) is 2. The Bertz CT molecular complexity index is 443. The summed E-state index contributed by atoms with van der Waals surface area (Å²) in [5.74, 6) is -1.30. The van der Waals surface area contributed by atoms with Gasteiger partial charge in [0.15, 0.2) is 0 Å². The van der Waals surface area contributed by atoms with Crippen molar-refractivity contribution in [1.82, 2.24) is 0 Å². The molecule has 0 fully saturated rings. The Hall–Kier alpha value is -1.14. The molecule has 0 amide bonds. The highest BCUT2D eigenvalue weighted by atomic mass is 19.4. The molecule has 108 valence electrons. The predicted molar refractivity (Wildman–Crippen MR) is 64.0 cm³/mol. The topological polar surface area (TPSA) is 35.2 Å². The molecule has 1 unspecified atom stereocenters. The van der Waals surface area contributed by atoms with Crippen molar-refractivity contribution in [2.45, 2.75) is 38.1 Å². The van der Waals surface area contributed by atoms with Crippen LogP contribution in [0.1, 0.15) is 37.4 Å². The van der Waals surface area contributed by atoms with Crippen LogP contribution in [0.4, 0.5) is 17.6 Å². The lowest BCUT2D eigenvalue weighted by molar-refractivity contribution is -0.140. The third-order valence-electron chi connectivity index (χ3n) is 2.99. The molecular formula is C13H17F4NO. The van der Waals surface area contributed by atoms with Crippen molar-refractivity contribution < 1.29 is 22.3 Å². The van der Waals surface area contributed by atoms with Crippen LogP contribution < -0.4 is 5.73 Å². The summed E-state index contributed by atoms with van der Waals surface area (Å²) in [5, 5.41) is 0. The molecule has 1 aromatic carbocycles. The largest absolute Gasteiger partial charge is 0.419 e. The third kappa shape index (κ3) is 4.18. The molecule has 0 radical (unpaired) electrons. The SMILES string of the molecule is COC(C)(C)CC(N)c1ccc(F)c(C(F)(F)F)c1. The molecule has 0 saturated carbocycles. The molecular weight excluding hydrogens is 262 g/mol. The van der Waals surface area contributed by atoms with Crippen LogP contribution in [0.15, 0.2) is 18.2 Å². The highest BCUT2D eigenvalue weighted by molar-refractivity contribution is 5.29. The van der Waals surface area contributed by atoms with E-state index < -0.39 is 29.2 Å². The maximum atomic E-state index is 13.1. The molecule has 1 atom stereocenters. The fourth-order valence-electron chi connectivity index (χ4n) is 1.72. The summed E-state index contributed by atoms with van der Waals surface area (Å²) in [7, 11) is 1.50. The van der Waals surface area contributed by atoms with Crippen molar-refractivity contribution in [3.63, 3.8) is 0 Å². The van der Waals surface area contributed by atoms with Gasteiger partial charge in [-0.25, -0.2) is 4.39 Å². The summed E-state index contributed by atoms with van der Waals surface area (Å²) in [4.78, 5) is 0. The van der Waals surface area contributed by atoms with Gasteiger partial charge in [-0.15, -0.1) is 0 Å². The fourth-order valence-corrected chi connectivity index (χ4v) is 1.72. The molecule has 0 aliphatic carbocycles. The lowest BCUT2D eigenvalue weighted by Gasteiger charge is -2.27. The average molecular weight is 279 g/mol. The van der Waals surface area contributed by atoms with E-state index >= 15 is 0 Å². The van der Waals surface area contributed by atoms with E-state index in [1.807, 2.05) is 0 Å². The van der Waals surface area contributed by atoms with Crippen molar-refractivity contribution in [1.29, 1.82) is 0 Å². The number of ether oxygens (including phenoxy) is 1. The summed E-state index contributed by atoms with van der Waals surface area (Å²) in [6, 6.07) is 2.15. The monoisotopic (exact) mass is 279 g/mol.